The van der Waals surface area contributed by atoms with Gasteiger partial charge in [0.25, 0.3) is 0 Å². The smallest absolute Gasteiger partial charge is 0.139 e. The molecular weight excluding hydrogens is 276 g/mol. The van der Waals surface area contributed by atoms with E-state index in [4.69, 9.17) is 0 Å². The number of rotatable bonds is 0. The molecule has 3 fully saturated rings. The second kappa shape index (κ2) is 4.67. The van der Waals surface area contributed by atoms with Crippen LogP contribution in [-0.2, 0) is 4.79 Å². The lowest BCUT2D eigenvalue weighted by Crippen LogP contribution is -2.56. The maximum Gasteiger partial charge on any atom is 0.139 e. The lowest BCUT2D eigenvalue weighted by Gasteiger charge is -2.58. The second-order valence-electron chi connectivity index (χ2n) is 8.73. The molecule has 4 rings (SSSR count). The largest absolute Gasteiger partial charge is 0.393 e. The number of Topliss-reactive ketones (excluding diaryl/α,β-unsaturated/α-hetero) is 1. The van der Waals surface area contributed by atoms with Crippen LogP contribution in [0.25, 0.3) is 0 Å². The van der Waals surface area contributed by atoms with E-state index in [0.29, 0.717) is 30.5 Å². The van der Waals surface area contributed by atoms with E-state index in [1.165, 1.54) is 5.57 Å². The predicted molar refractivity (Wildman–Crippen MR) is 84.1 cm³/mol. The molecule has 0 amide bonds. The van der Waals surface area contributed by atoms with Gasteiger partial charge in [-0.05, 0) is 61.7 Å². The fourth-order valence-corrected chi connectivity index (χ4v) is 6.55. The minimum absolute atomic E-state index is 0.0224. The molecule has 0 saturated heterocycles. The van der Waals surface area contributed by atoms with E-state index in [1.807, 2.05) is 0 Å². The average molecular weight is 304 g/mol. The van der Waals surface area contributed by atoms with Crippen LogP contribution in [0.1, 0.15) is 58.8 Å². The molecule has 0 spiro atoms. The van der Waals surface area contributed by atoms with Gasteiger partial charge in [0.05, 0.1) is 12.2 Å². The summed E-state index contributed by atoms with van der Waals surface area (Å²) in [5, 5.41) is 21.0. The molecule has 3 unspecified atom stereocenters. The Labute approximate surface area is 132 Å². The number of fused-ring (bicyclic) bond motifs is 5. The zero-order valence-electron chi connectivity index (χ0n) is 13.7. The molecule has 0 aromatic heterocycles. The highest BCUT2D eigenvalue weighted by atomic mass is 16.3. The van der Waals surface area contributed by atoms with Gasteiger partial charge < -0.3 is 10.2 Å². The molecule has 3 saturated carbocycles. The maximum atomic E-state index is 12.4. The zero-order chi connectivity index (χ0) is 15.7. The maximum absolute atomic E-state index is 12.4. The molecule has 0 bridgehead atoms. The second-order valence-corrected chi connectivity index (χ2v) is 8.73. The molecule has 3 nitrogen and oxygen atoms in total. The third kappa shape index (κ3) is 1.78. The Balaban J connectivity index is 1.74. The Kier molecular flexibility index (Phi) is 3.16. The van der Waals surface area contributed by atoms with Crippen molar-refractivity contribution in [2.75, 3.05) is 0 Å². The summed E-state index contributed by atoms with van der Waals surface area (Å²) in [6, 6.07) is 0. The van der Waals surface area contributed by atoms with E-state index in [1.54, 1.807) is 0 Å². The van der Waals surface area contributed by atoms with Gasteiger partial charge in [0, 0.05) is 11.8 Å². The third-order valence-electron chi connectivity index (χ3n) is 7.72. The van der Waals surface area contributed by atoms with Gasteiger partial charge in [0.1, 0.15) is 5.78 Å². The Bertz CT molecular complexity index is 539. The Hall–Kier alpha value is -0.670. The molecule has 0 aliphatic heterocycles. The highest BCUT2D eigenvalue weighted by molar-refractivity contribution is 5.87. The van der Waals surface area contributed by atoms with Crippen LogP contribution in [0.5, 0.6) is 0 Å². The van der Waals surface area contributed by atoms with Crippen LogP contribution in [0.4, 0.5) is 0 Å². The molecule has 0 aromatic carbocycles. The van der Waals surface area contributed by atoms with Crippen LogP contribution in [0.3, 0.4) is 0 Å². The first-order chi connectivity index (χ1) is 10.4. The highest BCUT2D eigenvalue weighted by Crippen LogP contribution is 2.63. The fraction of sp³-hybridized carbons (Fsp3) is 0.842. The van der Waals surface area contributed by atoms with Gasteiger partial charge >= 0.3 is 0 Å². The number of hydrogen-bond acceptors (Lipinski definition) is 3. The van der Waals surface area contributed by atoms with Gasteiger partial charge in [-0.25, -0.2) is 0 Å². The molecule has 4 aliphatic carbocycles. The number of carbonyl (C=O) groups excluding carboxylic acids is 1. The summed E-state index contributed by atoms with van der Waals surface area (Å²) in [5.41, 5.74) is 1.09. The first kappa shape index (κ1) is 14.9. The predicted octanol–water partition coefficient (Wildman–Crippen LogP) is 2.85. The van der Waals surface area contributed by atoms with E-state index in [-0.39, 0.29) is 29.0 Å². The molecule has 0 radical (unpaired) electrons. The fourth-order valence-electron chi connectivity index (χ4n) is 6.55. The van der Waals surface area contributed by atoms with E-state index in [2.05, 4.69) is 19.9 Å². The summed E-state index contributed by atoms with van der Waals surface area (Å²) >= 11 is 0. The number of aliphatic hydroxyl groups excluding tert-OH is 2. The van der Waals surface area contributed by atoms with Crippen molar-refractivity contribution < 1.29 is 15.0 Å². The monoisotopic (exact) mass is 304 g/mol. The zero-order valence-corrected chi connectivity index (χ0v) is 13.7. The standard InChI is InChI=1S/C19H28O3/c1-18-8-7-12(20)9-11(18)3-4-13-14-5-6-16(22)19(14,2)10-15(21)17(13)18/h3,12-15,17,20-21H,4-10H2,1-2H3/t12-,13?,14?,15+,17?,18-,19-/m0/s1. The molecule has 4 aliphatic rings. The van der Waals surface area contributed by atoms with Crippen molar-refractivity contribution in [3.63, 3.8) is 0 Å². The normalized spacial score (nSPS) is 54.3. The summed E-state index contributed by atoms with van der Waals surface area (Å²) in [6.45, 7) is 4.39. The van der Waals surface area contributed by atoms with Crippen molar-refractivity contribution in [3.8, 4) is 0 Å². The lowest BCUT2D eigenvalue weighted by molar-refractivity contribution is -0.145. The highest BCUT2D eigenvalue weighted by Gasteiger charge is 2.61. The molecule has 0 aromatic rings. The Morgan fingerprint density at radius 3 is 2.73 bits per heavy atom. The topological polar surface area (TPSA) is 57.5 Å². The summed E-state index contributed by atoms with van der Waals surface area (Å²) < 4.78 is 0. The first-order valence-corrected chi connectivity index (χ1v) is 8.95. The number of ketones is 1. The Morgan fingerprint density at radius 1 is 1.18 bits per heavy atom. The van der Waals surface area contributed by atoms with Crippen molar-refractivity contribution in [1.29, 1.82) is 0 Å². The van der Waals surface area contributed by atoms with Gasteiger partial charge in [0.2, 0.25) is 0 Å². The molecule has 0 heterocycles. The van der Waals surface area contributed by atoms with Crippen LogP contribution < -0.4 is 0 Å². The van der Waals surface area contributed by atoms with Gasteiger partial charge in [-0.2, -0.15) is 0 Å². The third-order valence-corrected chi connectivity index (χ3v) is 7.72. The van der Waals surface area contributed by atoms with E-state index in [0.717, 1.165) is 32.1 Å². The van der Waals surface area contributed by atoms with Crippen molar-refractivity contribution >= 4 is 5.78 Å². The van der Waals surface area contributed by atoms with E-state index >= 15 is 0 Å². The number of aliphatic hydroxyl groups is 2. The summed E-state index contributed by atoms with van der Waals surface area (Å²) in [5.74, 6) is 1.51. The molecule has 22 heavy (non-hydrogen) atoms. The Morgan fingerprint density at radius 2 is 1.95 bits per heavy atom. The van der Waals surface area contributed by atoms with Gasteiger partial charge in [-0.15, -0.1) is 0 Å². The molecule has 3 heteroatoms. The van der Waals surface area contributed by atoms with Crippen molar-refractivity contribution in [3.05, 3.63) is 11.6 Å². The lowest BCUT2D eigenvalue weighted by atomic mass is 9.47. The van der Waals surface area contributed by atoms with Crippen molar-refractivity contribution in [2.45, 2.75) is 71.0 Å². The minimum Gasteiger partial charge on any atom is -0.393 e. The average Bonchev–Trinajstić information content (AvgIpc) is 2.75. The van der Waals surface area contributed by atoms with Gasteiger partial charge in [0.15, 0.2) is 0 Å². The summed E-state index contributed by atoms with van der Waals surface area (Å²) in [7, 11) is 0. The van der Waals surface area contributed by atoms with Gasteiger partial charge in [-0.1, -0.05) is 25.5 Å². The molecule has 7 atom stereocenters. The molecule has 2 N–H and O–H groups in total. The quantitative estimate of drug-likeness (QED) is 0.677. The number of carbonyl (C=O) groups is 1. The minimum atomic E-state index is -0.378. The van der Waals surface area contributed by atoms with Crippen LogP contribution in [-0.4, -0.2) is 28.2 Å². The van der Waals surface area contributed by atoms with Crippen molar-refractivity contribution in [2.24, 2.45) is 28.6 Å². The summed E-state index contributed by atoms with van der Waals surface area (Å²) in [6.07, 6.45) is 7.65. The van der Waals surface area contributed by atoms with Crippen LogP contribution in [0.15, 0.2) is 11.6 Å². The summed E-state index contributed by atoms with van der Waals surface area (Å²) in [4.78, 5) is 12.4. The molecular formula is C19H28O3. The van der Waals surface area contributed by atoms with E-state index in [9.17, 15) is 15.0 Å². The first-order valence-electron chi connectivity index (χ1n) is 8.95. The van der Waals surface area contributed by atoms with Gasteiger partial charge in [-0.3, -0.25) is 4.79 Å². The van der Waals surface area contributed by atoms with Crippen molar-refractivity contribution in [1.82, 2.24) is 0 Å². The number of allylic oxidation sites excluding steroid dienone is 1. The van der Waals surface area contributed by atoms with Crippen LogP contribution >= 0.6 is 0 Å². The number of hydrogen-bond donors (Lipinski definition) is 2. The van der Waals surface area contributed by atoms with Crippen LogP contribution in [0.2, 0.25) is 0 Å². The SMILES string of the molecule is C[C@]12CC[C@H](O)CC1=CCC1C2[C@H](O)C[C@]2(C)C(=O)CCC12. The van der Waals surface area contributed by atoms with Crippen LogP contribution in [0, 0.1) is 28.6 Å². The molecule has 122 valence electrons. The van der Waals surface area contributed by atoms with E-state index < -0.39 is 0 Å².